The fraction of sp³-hybridized carbons (Fsp3) is 0.432. The third-order valence-corrected chi connectivity index (χ3v) is 8.06. The Hall–Kier alpha value is -4.17. The molecule has 1 heterocycles. The summed E-state index contributed by atoms with van der Waals surface area (Å²) < 4.78 is 38.5. The summed E-state index contributed by atoms with van der Waals surface area (Å²) in [4.78, 5) is 38.1. The van der Waals surface area contributed by atoms with Gasteiger partial charge >= 0.3 is 6.09 Å². The lowest BCUT2D eigenvalue weighted by molar-refractivity contribution is -0.0170. The van der Waals surface area contributed by atoms with Gasteiger partial charge in [0.1, 0.15) is 6.61 Å². The van der Waals surface area contributed by atoms with Crippen LogP contribution in [0.15, 0.2) is 72.8 Å². The van der Waals surface area contributed by atoms with E-state index in [2.05, 4.69) is 29.6 Å². The van der Waals surface area contributed by atoms with Crippen molar-refractivity contribution in [3.63, 3.8) is 0 Å². The van der Waals surface area contributed by atoms with Crippen molar-refractivity contribution in [1.82, 2.24) is 10.2 Å². The highest BCUT2D eigenvalue weighted by Gasteiger charge is 2.34. The maximum atomic E-state index is 12.3. The van der Waals surface area contributed by atoms with E-state index < -0.39 is 6.09 Å². The van der Waals surface area contributed by atoms with Gasteiger partial charge in [-0.3, -0.25) is 14.5 Å². The van der Waals surface area contributed by atoms with Crippen molar-refractivity contribution in [2.24, 2.45) is 0 Å². The Morgan fingerprint density at radius 2 is 0.918 bits per heavy atom. The normalized spacial score (nSPS) is 13.4. The molecule has 1 aliphatic carbocycles. The summed E-state index contributed by atoms with van der Waals surface area (Å²) in [6.45, 7) is 5.66. The first-order valence-electron chi connectivity index (χ1n) is 16.7. The van der Waals surface area contributed by atoms with Crippen LogP contribution in [0.4, 0.5) is 4.79 Å². The largest absolute Gasteiger partial charge is 0.449 e. The molecule has 0 saturated carbocycles. The molecule has 49 heavy (non-hydrogen) atoms. The predicted molar refractivity (Wildman–Crippen MR) is 180 cm³/mol. The second-order valence-corrected chi connectivity index (χ2v) is 11.2. The summed E-state index contributed by atoms with van der Waals surface area (Å²) >= 11 is 0. The van der Waals surface area contributed by atoms with E-state index in [1.54, 1.807) is 24.3 Å². The number of carbonyl (C=O) groups excluding carboxylic acids is 3. The van der Waals surface area contributed by atoms with Gasteiger partial charge in [0.15, 0.2) is 0 Å². The van der Waals surface area contributed by atoms with E-state index in [0.717, 1.165) is 0 Å². The maximum Gasteiger partial charge on any atom is 0.407 e. The van der Waals surface area contributed by atoms with Gasteiger partial charge in [-0.1, -0.05) is 60.7 Å². The number of ether oxygens (including phenoxy) is 7. The van der Waals surface area contributed by atoms with Crippen LogP contribution in [0.2, 0.25) is 0 Å². The molecule has 0 fully saturated rings. The van der Waals surface area contributed by atoms with Crippen LogP contribution >= 0.6 is 0 Å². The summed E-state index contributed by atoms with van der Waals surface area (Å²) in [5, 5.41) is 2.73. The van der Waals surface area contributed by atoms with Crippen LogP contribution < -0.4 is 5.32 Å². The molecule has 0 unspecified atom stereocenters. The van der Waals surface area contributed by atoms with Gasteiger partial charge in [-0.2, -0.15) is 0 Å². The van der Waals surface area contributed by atoms with Gasteiger partial charge in [0.25, 0.3) is 11.8 Å². The molecular weight excluding hydrogens is 632 g/mol. The van der Waals surface area contributed by atoms with Gasteiger partial charge < -0.3 is 38.5 Å². The smallest absolute Gasteiger partial charge is 0.407 e. The summed E-state index contributed by atoms with van der Waals surface area (Å²) in [6.07, 6.45) is -0.461. The third-order valence-electron chi connectivity index (χ3n) is 8.06. The Labute approximate surface area is 286 Å². The molecule has 0 radical (unpaired) electrons. The fourth-order valence-corrected chi connectivity index (χ4v) is 5.67. The Morgan fingerprint density at radius 1 is 0.531 bits per heavy atom. The average Bonchev–Trinajstić information content (AvgIpc) is 3.58. The number of alkyl carbamates (subject to hydrolysis) is 1. The Kier molecular flexibility index (Phi) is 14.5. The fourth-order valence-electron chi connectivity index (χ4n) is 5.67. The molecule has 1 aliphatic heterocycles. The van der Waals surface area contributed by atoms with E-state index in [1.165, 1.54) is 27.2 Å². The van der Waals surface area contributed by atoms with E-state index in [9.17, 15) is 14.4 Å². The second kappa shape index (κ2) is 19.7. The molecule has 0 spiro atoms. The summed E-state index contributed by atoms with van der Waals surface area (Å²) in [6, 6.07) is 23.3. The quantitative estimate of drug-likeness (QED) is 0.117. The lowest BCUT2D eigenvalue weighted by atomic mass is 9.98. The minimum absolute atomic E-state index is 0.0302. The van der Waals surface area contributed by atoms with E-state index in [1.807, 2.05) is 24.3 Å². The number of benzene rings is 3. The highest BCUT2D eigenvalue weighted by Crippen LogP contribution is 2.44. The molecule has 3 amide bonds. The van der Waals surface area contributed by atoms with E-state index in [-0.39, 0.29) is 37.5 Å². The molecule has 5 rings (SSSR count). The number of fused-ring (bicyclic) bond motifs is 4. The molecule has 3 aromatic carbocycles. The maximum absolute atomic E-state index is 12.3. The topological polar surface area (TPSA) is 131 Å². The van der Waals surface area contributed by atoms with Gasteiger partial charge in [-0.05, 0) is 34.4 Å². The highest BCUT2D eigenvalue weighted by molar-refractivity contribution is 6.21. The number of carbonyl (C=O) groups is 3. The van der Waals surface area contributed by atoms with Gasteiger partial charge in [0, 0.05) is 12.5 Å². The lowest BCUT2D eigenvalue weighted by Gasteiger charge is -2.14. The number of nitrogens with zero attached hydrogens (tertiary/aromatic N) is 1. The predicted octanol–water partition coefficient (Wildman–Crippen LogP) is 3.92. The molecule has 262 valence electrons. The molecule has 0 saturated heterocycles. The number of nitrogens with one attached hydrogen (secondary N) is 1. The molecule has 12 nitrogen and oxygen atoms in total. The highest BCUT2D eigenvalue weighted by atomic mass is 16.6. The van der Waals surface area contributed by atoms with Crippen molar-refractivity contribution in [3.05, 3.63) is 95.1 Å². The molecule has 2 aliphatic rings. The van der Waals surface area contributed by atoms with Crippen LogP contribution in [0.25, 0.3) is 11.1 Å². The van der Waals surface area contributed by atoms with Crippen molar-refractivity contribution >= 4 is 17.9 Å². The average molecular weight is 677 g/mol. The van der Waals surface area contributed by atoms with Crippen molar-refractivity contribution in [2.75, 3.05) is 99.0 Å². The third kappa shape index (κ3) is 10.4. The van der Waals surface area contributed by atoms with Crippen LogP contribution in [-0.4, -0.2) is 122 Å². The molecule has 1 N–H and O–H groups in total. The number of hydrogen-bond acceptors (Lipinski definition) is 10. The second-order valence-electron chi connectivity index (χ2n) is 11.2. The standard InChI is InChI=1S/C37H44N2O10/c40-35-32-11-5-6-12-33(32)36(41)39(35)14-16-44-18-20-46-22-24-48-26-25-47-23-21-45-19-17-43-15-13-38-37(42)49-27-34-30-9-3-1-7-28(30)29-8-2-4-10-31(29)34/h1-12,34H,13-27H2,(H,38,42). The Morgan fingerprint density at radius 3 is 1.39 bits per heavy atom. The number of rotatable bonds is 23. The summed E-state index contributed by atoms with van der Waals surface area (Å²) in [5.74, 6) is -0.534. The van der Waals surface area contributed by atoms with E-state index in [0.29, 0.717) is 90.3 Å². The number of amides is 3. The number of imide groups is 1. The minimum atomic E-state index is -0.461. The summed E-state index contributed by atoms with van der Waals surface area (Å²) in [7, 11) is 0. The molecule has 0 atom stereocenters. The first-order valence-corrected chi connectivity index (χ1v) is 16.7. The molecule has 3 aromatic rings. The SMILES string of the molecule is O=C(NCCOCCOCCOCCOCCOCCOCCN1C(=O)c2ccccc2C1=O)OCC1c2ccccc2-c2ccccc21. The van der Waals surface area contributed by atoms with E-state index in [4.69, 9.17) is 33.2 Å². The zero-order valence-electron chi connectivity index (χ0n) is 27.6. The zero-order chi connectivity index (χ0) is 34.1. The monoisotopic (exact) mass is 676 g/mol. The minimum Gasteiger partial charge on any atom is -0.449 e. The van der Waals surface area contributed by atoms with Crippen LogP contribution in [0, 0.1) is 0 Å². The van der Waals surface area contributed by atoms with Crippen molar-refractivity contribution in [3.8, 4) is 11.1 Å². The van der Waals surface area contributed by atoms with Crippen molar-refractivity contribution in [2.45, 2.75) is 5.92 Å². The van der Waals surface area contributed by atoms with Gasteiger partial charge in [0.05, 0.1) is 97.0 Å². The van der Waals surface area contributed by atoms with E-state index >= 15 is 0 Å². The van der Waals surface area contributed by atoms with Crippen LogP contribution in [0.3, 0.4) is 0 Å². The first-order chi connectivity index (χ1) is 24.1. The Bertz CT molecular complexity index is 1440. The van der Waals surface area contributed by atoms with Crippen LogP contribution in [0.5, 0.6) is 0 Å². The van der Waals surface area contributed by atoms with Crippen molar-refractivity contribution < 1.29 is 47.5 Å². The molecule has 0 bridgehead atoms. The van der Waals surface area contributed by atoms with Crippen LogP contribution in [-0.2, 0) is 33.2 Å². The molecular formula is C37H44N2O10. The Balaban J connectivity index is 0.752. The molecule has 12 heteroatoms. The van der Waals surface area contributed by atoms with Gasteiger partial charge in [-0.15, -0.1) is 0 Å². The lowest BCUT2D eigenvalue weighted by Crippen LogP contribution is -2.33. The molecule has 0 aromatic heterocycles. The van der Waals surface area contributed by atoms with Gasteiger partial charge in [-0.25, -0.2) is 4.79 Å². The van der Waals surface area contributed by atoms with Gasteiger partial charge in [0.2, 0.25) is 0 Å². The summed E-state index contributed by atoms with van der Waals surface area (Å²) in [5.41, 5.74) is 5.62. The van der Waals surface area contributed by atoms with Crippen molar-refractivity contribution in [1.29, 1.82) is 0 Å². The van der Waals surface area contributed by atoms with Crippen LogP contribution in [0.1, 0.15) is 37.8 Å². The zero-order valence-corrected chi connectivity index (χ0v) is 27.6. The number of hydrogen-bond donors (Lipinski definition) is 1. The first kappa shape index (κ1) is 36.1.